The molecule has 0 aromatic carbocycles. The minimum atomic E-state index is -1.29. The Labute approximate surface area is 260 Å². The Bertz CT molecular complexity index is 1570. The summed E-state index contributed by atoms with van der Waals surface area (Å²) in [5.74, 6) is -2.99. The molecular formula is C33H39NO11. The van der Waals surface area contributed by atoms with E-state index in [4.69, 9.17) is 28.1 Å². The minimum Gasteiger partial charge on any atom is -0.482 e. The fourth-order valence-corrected chi connectivity index (χ4v) is 8.31. The average Bonchev–Trinajstić information content (AvgIpc) is 2.94. The predicted octanol–water partition coefficient (Wildman–Crippen LogP) is 4.33. The molecule has 5 rings (SSSR count). The van der Waals surface area contributed by atoms with Crippen LogP contribution in [0.5, 0.6) is 5.75 Å². The molecule has 8 atom stereocenters. The summed E-state index contributed by atoms with van der Waals surface area (Å²) in [6.45, 7) is 10.8. The maximum Gasteiger partial charge on any atom is 0.347 e. The van der Waals surface area contributed by atoms with E-state index in [0.717, 1.165) is 0 Å². The first-order valence-corrected chi connectivity index (χ1v) is 15.0. The zero-order valence-electron chi connectivity index (χ0n) is 26.5. The summed E-state index contributed by atoms with van der Waals surface area (Å²) in [5.41, 5.74) is -3.18. The van der Waals surface area contributed by atoms with Crippen LogP contribution in [0.25, 0.3) is 11.3 Å². The zero-order valence-corrected chi connectivity index (χ0v) is 26.5. The van der Waals surface area contributed by atoms with E-state index < -0.39 is 76.1 Å². The second-order valence-electron chi connectivity index (χ2n) is 13.0. The average molecular weight is 626 g/mol. The number of hydrogen-bond donors (Lipinski definition) is 0. The molecule has 242 valence electrons. The van der Waals surface area contributed by atoms with E-state index in [0.29, 0.717) is 18.4 Å². The van der Waals surface area contributed by atoms with E-state index >= 15 is 0 Å². The van der Waals surface area contributed by atoms with Gasteiger partial charge in [0.1, 0.15) is 42.0 Å². The number of pyridine rings is 1. The van der Waals surface area contributed by atoms with Gasteiger partial charge in [0.25, 0.3) is 0 Å². The van der Waals surface area contributed by atoms with Crippen molar-refractivity contribution in [1.29, 1.82) is 0 Å². The third-order valence-electron chi connectivity index (χ3n) is 10.00. The molecule has 3 aliphatic rings. The van der Waals surface area contributed by atoms with Gasteiger partial charge >= 0.3 is 29.5 Å². The molecule has 12 heteroatoms. The summed E-state index contributed by atoms with van der Waals surface area (Å²) in [6.07, 6.45) is 1.56. The number of carbonyl (C=O) groups is 4. The Morgan fingerprint density at radius 3 is 2.22 bits per heavy atom. The molecule has 2 aromatic heterocycles. The van der Waals surface area contributed by atoms with Crippen molar-refractivity contribution in [2.75, 3.05) is 6.61 Å². The first kappa shape index (κ1) is 32.2. The summed E-state index contributed by atoms with van der Waals surface area (Å²) in [5, 5.41) is 0. The highest BCUT2D eigenvalue weighted by molar-refractivity contribution is 5.68. The van der Waals surface area contributed by atoms with Crippen LogP contribution in [0.3, 0.4) is 0 Å². The third kappa shape index (κ3) is 5.59. The number of ether oxygens (including phenoxy) is 5. The number of aromatic nitrogens is 1. The van der Waals surface area contributed by atoms with E-state index in [-0.39, 0.29) is 30.1 Å². The van der Waals surface area contributed by atoms with Gasteiger partial charge in [-0.3, -0.25) is 24.2 Å². The normalized spacial score (nSPS) is 33.3. The van der Waals surface area contributed by atoms with Crippen LogP contribution >= 0.6 is 0 Å². The topological polar surface area (TPSA) is 158 Å². The van der Waals surface area contributed by atoms with Crippen molar-refractivity contribution in [1.82, 2.24) is 4.98 Å². The fraction of sp³-hybridized carbons (Fsp3) is 0.576. The van der Waals surface area contributed by atoms with E-state index in [9.17, 15) is 24.0 Å². The maximum absolute atomic E-state index is 13.8. The zero-order chi connectivity index (χ0) is 32.9. The maximum atomic E-state index is 13.8. The smallest absolute Gasteiger partial charge is 0.347 e. The molecule has 2 saturated carbocycles. The van der Waals surface area contributed by atoms with E-state index in [1.165, 1.54) is 27.7 Å². The predicted molar refractivity (Wildman–Crippen MR) is 157 cm³/mol. The summed E-state index contributed by atoms with van der Waals surface area (Å²) >= 11 is 0. The highest BCUT2D eigenvalue weighted by atomic mass is 16.6. The molecule has 0 N–H and O–H groups in total. The van der Waals surface area contributed by atoms with Gasteiger partial charge < -0.3 is 28.1 Å². The number of nitrogens with zero attached hydrogens (tertiary/aromatic N) is 1. The molecule has 3 heterocycles. The van der Waals surface area contributed by atoms with Crippen LogP contribution in [-0.4, -0.2) is 53.3 Å². The monoisotopic (exact) mass is 625 g/mol. The molecule has 2 fully saturated rings. The summed E-state index contributed by atoms with van der Waals surface area (Å²) in [7, 11) is 0. The van der Waals surface area contributed by atoms with E-state index in [1.807, 2.05) is 13.8 Å². The molecule has 1 aliphatic heterocycles. The van der Waals surface area contributed by atoms with Crippen molar-refractivity contribution in [2.45, 2.75) is 91.6 Å². The summed E-state index contributed by atoms with van der Waals surface area (Å²) < 4.78 is 35.8. The van der Waals surface area contributed by atoms with Crippen molar-refractivity contribution in [2.24, 2.45) is 22.7 Å². The van der Waals surface area contributed by atoms with E-state index in [2.05, 4.69) is 4.98 Å². The van der Waals surface area contributed by atoms with Crippen molar-refractivity contribution in [3.8, 4) is 17.1 Å². The minimum absolute atomic E-state index is 0.0348. The van der Waals surface area contributed by atoms with Gasteiger partial charge in [0.2, 0.25) is 0 Å². The highest BCUT2D eigenvalue weighted by Gasteiger charge is 2.71. The van der Waals surface area contributed by atoms with Crippen molar-refractivity contribution < 1.29 is 47.3 Å². The number of carbonyl (C=O) groups excluding carboxylic acids is 4. The van der Waals surface area contributed by atoms with Crippen LogP contribution in [0, 0.1) is 22.7 Å². The van der Waals surface area contributed by atoms with Crippen LogP contribution in [0.2, 0.25) is 0 Å². The lowest BCUT2D eigenvalue weighted by molar-refractivity contribution is -0.273. The molecule has 0 amide bonds. The van der Waals surface area contributed by atoms with Crippen LogP contribution in [-0.2, 0) is 38.1 Å². The van der Waals surface area contributed by atoms with Gasteiger partial charge in [-0.1, -0.05) is 13.8 Å². The lowest BCUT2D eigenvalue weighted by Gasteiger charge is -2.66. The SMILES string of the molecule is CC(=O)OCC1(C)C2C[C@H](OC(C)=O)[C@@]3(C)Oc4cc(-c5cccnc5)oc(=O)c4[C@H](OC(C)=O)C3[C@@]2(C)CC[C@@H]1OC(C)=O. The largest absolute Gasteiger partial charge is 0.482 e. The fourth-order valence-electron chi connectivity index (χ4n) is 8.31. The Morgan fingerprint density at radius 2 is 1.62 bits per heavy atom. The van der Waals surface area contributed by atoms with Gasteiger partial charge in [0.05, 0.1) is 0 Å². The first-order chi connectivity index (χ1) is 21.1. The highest BCUT2D eigenvalue weighted by Crippen LogP contribution is 2.68. The molecule has 45 heavy (non-hydrogen) atoms. The molecule has 3 unspecified atom stereocenters. The van der Waals surface area contributed by atoms with Gasteiger partial charge in [-0.25, -0.2) is 4.79 Å². The summed E-state index contributed by atoms with van der Waals surface area (Å²) in [6, 6.07) is 4.99. The molecule has 2 aromatic rings. The Morgan fingerprint density at radius 1 is 0.956 bits per heavy atom. The molecule has 0 radical (unpaired) electrons. The summed E-state index contributed by atoms with van der Waals surface area (Å²) in [4.78, 5) is 67.4. The van der Waals surface area contributed by atoms with Gasteiger partial charge in [0, 0.05) is 63.1 Å². The molecule has 2 aliphatic carbocycles. The van der Waals surface area contributed by atoms with Gasteiger partial charge in [-0.15, -0.1) is 0 Å². The molecule has 12 nitrogen and oxygen atoms in total. The van der Waals surface area contributed by atoms with Gasteiger partial charge in [0.15, 0.2) is 5.60 Å². The van der Waals surface area contributed by atoms with E-state index in [1.54, 1.807) is 37.5 Å². The lowest BCUT2D eigenvalue weighted by atomic mass is 9.42. The quantitative estimate of drug-likeness (QED) is 0.331. The van der Waals surface area contributed by atoms with Crippen molar-refractivity contribution in [3.05, 3.63) is 46.6 Å². The molecule has 0 spiro atoms. The number of esters is 4. The Balaban J connectivity index is 1.73. The van der Waals surface area contributed by atoms with Gasteiger partial charge in [-0.2, -0.15) is 0 Å². The molecule has 0 saturated heterocycles. The number of hydrogen-bond acceptors (Lipinski definition) is 12. The van der Waals surface area contributed by atoms with Crippen molar-refractivity contribution in [3.63, 3.8) is 0 Å². The number of rotatable bonds is 6. The van der Waals surface area contributed by atoms with Crippen LogP contribution < -0.4 is 10.4 Å². The molecule has 0 bridgehead atoms. The third-order valence-corrected chi connectivity index (χ3v) is 10.00. The van der Waals surface area contributed by atoms with Gasteiger partial charge in [-0.05, 0) is 49.7 Å². The molecular weight excluding hydrogens is 586 g/mol. The van der Waals surface area contributed by atoms with Crippen molar-refractivity contribution >= 4 is 23.9 Å². The van der Waals surface area contributed by atoms with Crippen LogP contribution in [0.4, 0.5) is 0 Å². The number of fused-ring (bicyclic) bond motifs is 4. The van der Waals surface area contributed by atoms with Crippen LogP contribution in [0.1, 0.15) is 79.4 Å². The second-order valence-corrected chi connectivity index (χ2v) is 13.0. The first-order valence-electron chi connectivity index (χ1n) is 15.0. The second kappa shape index (κ2) is 11.6. The Hall–Kier alpha value is -4.22. The lowest BCUT2D eigenvalue weighted by Crippen LogP contribution is -2.71. The Kier molecular flexibility index (Phi) is 8.30. The van der Waals surface area contributed by atoms with Crippen LogP contribution in [0.15, 0.2) is 39.8 Å². The standard InChI is InChI=1S/C33H39NO11/c1-17(35)40-16-32(6)24-14-26(42-19(3)37)33(7)29(31(24,5)11-10-25(32)41-18(2)36)28(43-20(4)38)27-23(45-33)13-22(44-30(27)39)21-9-8-12-34-15-21/h8-9,12-13,15,24-26,28-29H,10-11,14,16H2,1-7H3/t24?,25-,26-,28-,29?,31-,32?,33+/m0/s1.